The van der Waals surface area contributed by atoms with Gasteiger partial charge >= 0.3 is 5.97 Å². The SMILES string of the molecule is Cc1nn(C)c(C)c1/C=C/C(=O)OCC(=O)NC1(C#N)CCCCC1. The second-order valence-electron chi connectivity index (χ2n) is 6.45. The van der Waals surface area contributed by atoms with E-state index in [9.17, 15) is 14.9 Å². The Morgan fingerprint density at radius 2 is 2.04 bits per heavy atom. The van der Waals surface area contributed by atoms with E-state index in [0.29, 0.717) is 12.8 Å². The molecule has 0 unspecified atom stereocenters. The number of esters is 1. The van der Waals surface area contributed by atoms with E-state index in [1.807, 2.05) is 20.9 Å². The third-order valence-electron chi connectivity index (χ3n) is 4.60. The summed E-state index contributed by atoms with van der Waals surface area (Å²) >= 11 is 0. The van der Waals surface area contributed by atoms with Gasteiger partial charge < -0.3 is 10.1 Å². The van der Waals surface area contributed by atoms with Gasteiger partial charge in [-0.25, -0.2) is 4.79 Å². The van der Waals surface area contributed by atoms with Gasteiger partial charge in [-0.1, -0.05) is 19.3 Å². The topological polar surface area (TPSA) is 97.0 Å². The third kappa shape index (κ3) is 4.69. The predicted molar refractivity (Wildman–Crippen MR) is 92.2 cm³/mol. The van der Waals surface area contributed by atoms with Gasteiger partial charge in [0.25, 0.3) is 5.91 Å². The molecule has 1 N–H and O–H groups in total. The van der Waals surface area contributed by atoms with Crippen molar-refractivity contribution in [3.05, 3.63) is 23.0 Å². The summed E-state index contributed by atoms with van der Waals surface area (Å²) in [6, 6.07) is 2.20. The molecule has 1 amide bonds. The van der Waals surface area contributed by atoms with E-state index < -0.39 is 24.0 Å². The molecule has 0 radical (unpaired) electrons. The van der Waals surface area contributed by atoms with E-state index in [1.165, 1.54) is 6.08 Å². The van der Waals surface area contributed by atoms with Gasteiger partial charge in [-0.05, 0) is 32.8 Å². The number of carbonyl (C=O) groups excluding carboxylic acids is 2. The molecule has 1 aliphatic rings. The Morgan fingerprint density at radius 3 is 2.60 bits per heavy atom. The number of aryl methyl sites for hydroxylation is 2. The van der Waals surface area contributed by atoms with Crippen LogP contribution >= 0.6 is 0 Å². The third-order valence-corrected chi connectivity index (χ3v) is 4.60. The lowest BCUT2D eigenvalue weighted by Crippen LogP contribution is -2.49. The summed E-state index contributed by atoms with van der Waals surface area (Å²) in [6.07, 6.45) is 7.11. The van der Waals surface area contributed by atoms with E-state index in [1.54, 1.807) is 10.8 Å². The average Bonchev–Trinajstić information content (AvgIpc) is 2.84. The molecule has 7 heteroatoms. The first-order chi connectivity index (χ1) is 11.9. The largest absolute Gasteiger partial charge is 0.452 e. The van der Waals surface area contributed by atoms with Crippen LogP contribution in [0, 0.1) is 25.2 Å². The maximum Gasteiger partial charge on any atom is 0.331 e. The highest BCUT2D eigenvalue weighted by Gasteiger charge is 2.33. The number of rotatable bonds is 5. The van der Waals surface area contributed by atoms with Gasteiger partial charge in [-0.2, -0.15) is 10.4 Å². The molecule has 134 valence electrons. The van der Waals surface area contributed by atoms with E-state index in [0.717, 1.165) is 36.2 Å². The smallest absolute Gasteiger partial charge is 0.331 e. The fourth-order valence-corrected chi connectivity index (χ4v) is 3.09. The second-order valence-corrected chi connectivity index (χ2v) is 6.45. The number of nitrogens with one attached hydrogen (secondary N) is 1. The summed E-state index contributed by atoms with van der Waals surface area (Å²) in [5, 5.41) is 16.3. The Morgan fingerprint density at radius 1 is 1.36 bits per heavy atom. The molecular formula is C18H24N4O3. The van der Waals surface area contributed by atoms with E-state index in [4.69, 9.17) is 4.74 Å². The average molecular weight is 344 g/mol. The lowest BCUT2D eigenvalue weighted by molar-refractivity contribution is -0.144. The van der Waals surface area contributed by atoms with E-state index >= 15 is 0 Å². The monoisotopic (exact) mass is 344 g/mol. The molecule has 0 spiro atoms. The Balaban J connectivity index is 1.86. The van der Waals surface area contributed by atoms with Gasteiger partial charge in [0, 0.05) is 24.4 Å². The van der Waals surface area contributed by atoms with Crippen molar-refractivity contribution in [2.75, 3.05) is 6.61 Å². The lowest BCUT2D eigenvalue weighted by atomic mass is 9.83. The first-order valence-corrected chi connectivity index (χ1v) is 8.44. The van der Waals surface area contributed by atoms with Gasteiger partial charge in [-0.3, -0.25) is 9.48 Å². The number of ether oxygens (including phenoxy) is 1. The zero-order chi connectivity index (χ0) is 18.4. The summed E-state index contributed by atoms with van der Waals surface area (Å²) in [6.45, 7) is 3.37. The maximum absolute atomic E-state index is 12.0. The maximum atomic E-state index is 12.0. The fourth-order valence-electron chi connectivity index (χ4n) is 3.09. The molecular weight excluding hydrogens is 320 g/mol. The molecule has 7 nitrogen and oxygen atoms in total. The van der Waals surface area contributed by atoms with Crippen molar-refractivity contribution < 1.29 is 14.3 Å². The van der Waals surface area contributed by atoms with Crippen LogP contribution in [0.4, 0.5) is 0 Å². The first-order valence-electron chi connectivity index (χ1n) is 8.44. The van der Waals surface area contributed by atoms with Gasteiger partial charge in [0.15, 0.2) is 6.61 Å². The summed E-state index contributed by atoms with van der Waals surface area (Å²) in [5.74, 6) is -1.05. The molecule has 1 aliphatic carbocycles. The van der Waals surface area contributed by atoms with Crippen molar-refractivity contribution in [3.63, 3.8) is 0 Å². The van der Waals surface area contributed by atoms with Crippen molar-refractivity contribution in [2.24, 2.45) is 7.05 Å². The summed E-state index contributed by atoms with van der Waals surface area (Å²) < 4.78 is 6.70. The molecule has 0 bridgehead atoms. The van der Waals surface area contributed by atoms with Crippen molar-refractivity contribution >= 4 is 18.0 Å². The van der Waals surface area contributed by atoms with Crippen molar-refractivity contribution in [1.29, 1.82) is 5.26 Å². The number of nitriles is 1. The van der Waals surface area contributed by atoms with Crippen molar-refractivity contribution in [2.45, 2.75) is 51.5 Å². The van der Waals surface area contributed by atoms with Gasteiger partial charge in [-0.15, -0.1) is 0 Å². The van der Waals surface area contributed by atoms with Crippen LogP contribution in [0.15, 0.2) is 6.08 Å². The summed E-state index contributed by atoms with van der Waals surface area (Å²) in [4.78, 5) is 23.8. The molecule has 0 atom stereocenters. The molecule has 0 aliphatic heterocycles. The summed E-state index contributed by atoms with van der Waals surface area (Å²) in [7, 11) is 1.83. The molecule has 0 saturated heterocycles. The number of amides is 1. The highest BCUT2D eigenvalue weighted by molar-refractivity contribution is 5.89. The van der Waals surface area contributed by atoms with Crippen LogP contribution in [0.25, 0.3) is 6.08 Å². The van der Waals surface area contributed by atoms with Crippen molar-refractivity contribution in [3.8, 4) is 6.07 Å². The van der Waals surface area contributed by atoms with E-state index in [-0.39, 0.29) is 0 Å². The minimum Gasteiger partial charge on any atom is -0.452 e. The minimum atomic E-state index is -0.818. The number of carbonyl (C=O) groups is 2. The second kappa shape index (κ2) is 7.97. The van der Waals surface area contributed by atoms with Crippen LogP contribution in [0.5, 0.6) is 0 Å². The number of aromatic nitrogens is 2. The van der Waals surface area contributed by atoms with Crippen LogP contribution in [0.3, 0.4) is 0 Å². The standard InChI is InChI=1S/C18H24N4O3/c1-13-15(14(2)22(3)21-13)7-8-17(24)25-11-16(23)20-18(12-19)9-5-4-6-10-18/h7-8H,4-6,9-11H2,1-3H3,(H,20,23)/b8-7+. The molecule has 1 heterocycles. The lowest BCUT2D eigenvalue weighted by Gasteiger charge is -2.31. The highest BCUT2D eigenvalue weighted by Crippen LogP contribution is 2.27. The molecule has 2 rings (SSSR count). The zero-order valence-corrected chi connectivity index (χ0v) is 15.0. The predicted octanol–water partition coefficient (Wildman–Crippen LogP) is 1.94. The summed E-state index contributed by atoms with van der Waals surface area (Å²) in [5.41, 5.74) is 1.79. The normalized spacial score (nSPS) is 16.4. The van der Waals surface area contributed by atoms with Crippen LogP contribution in [-0.2, 0) is 21.4 Å². The van der Waals surface area contributed by atoms with Crippen molar-refractivity contribution in [1.82, 2.24) is 15.1 Å². The fraction of sp³-hybridized carbons (Fsp3) is 0.556. The first kappa shape index (κ1) is 18.7. The molecule has 25 heavy (non-hydrogen) atoms. The van der Waals surface area contributed by atoms with Crippen LogP contribution in [0.2, 0.25) is 0 Å². The molecule has 1 aromatic heterocycles. The van der Waals surface area contributed by atoms with Gasteiger partial charge in [0.1, 0.15) is 5.54 Å². The minimum absolute atomic E-state index is 0.391. The Labute approximate surface area is 147 Å². The van der Waals surface area contributed by atoms with Gasteiger partial charge in [0.05, 0.1) is 11.8 Å². The zero-order valence-electron chi connectivity index (χ0n) is 15.0. The van der Waals surface area contributed by atoms with Crippen LogP contribution in [0.1, 0.15) is 49.1 Å². The molecule has 1 fully saturated rings. The van der Waals surface area contributed by atoms with E-state index in [2.05, 4.69) is 16.5 Å². The Bertz CT molecular complexity index is 721. The highest BCUT2D eigenvalue weighted by atomic mass is 16.5. The van der Waals surface area contributed by atoms with Gasteiger partial charge in [0.2, 0.25) is 0 Å². The quantitative estimate of drug-likeness (QED) is 0.650. The molecule has 1 aromatic rings. The number of nitrogens with zero attached hydrogens (tertiary/aromatic N) is 3. The number of hydrogen-bond acceptors (Lipinski definition) is 5. The Kier molecular flexibility index (Phi) is 5.97. The van der Waals surface area contributed by atoms with Crippen LogP contribution in [-0.4, -0.2) is 33.8 Å². The molecule has 0 aromatic carbocycles. The molecule has 1 saturated carbocycles. The van der Waals surface area contributed by atoms with Crippen LogP contribution < -0.4 is 5.32 Å². The number of hydrogen-bond donors (Lipinski definition) is 1. The Hall–Kier alpha value is -2.62.